The maximum absolute atomic E-state index is 8.00. The summed E-state index contributed by atoms with van der Waals surface area (Å²) in [6, 6.07) is 0. The first-order valence-corrected chi connectivity index (χ1v) is 0.289. The molecular formula is CH7MgNO. The van der Waals surface area contributed by atoms with Crippen LogP contribution >= 0.6 is 0 Å². The van der Waals surface area contributed by atoms with Gasteiger partial charge in [0.1, 0.15) is 6.79 Å². The predicted octanol–water partition coefficient (Wildman–Crippen LogP) is -0.939. The van der Waals surface area contributed by atoms with Crippen molar-refractivity contribution in [3.05, 3.63) is 0 Å². The van der Waals surface area contributed by atoms with Gasteiger partial charge in [0.25, 0.3) is 0 Å². The summed E-state index contributed by atoms with van der Waals surface area (Å²) in [6.07, 6.45) is 0. The van der Waals surface area contributed by atoms with E-state index in [4.69, 9.17) is 4.79 Å². The molecule has 0 bridgehead atoms. The minimum absolute atomic E-state index is 0. The Morgan fingerprint density at radius 3 is 1.25 bits per heavy atom. The van der Waals surface area contributed by atoms with Gasteiger partial charge >= 0.3 is 23.1 Å². The Hall–Kier alpha value is 0.396. The summed E-state index contributed by atoms with van der Waals surface area (Å²) < 4.78 is 0. The molecule has 0 saturated heterocycles. The Bertz CT molecular complexity index is 8.00. The van der Waals surface area contributed by atoms with E-state index in [2.05, 4.69) is 0 Å². The minimum Gasteiger partial charge on any atom is -0.344 e. The number of carbonyl (C=O) groups is 1. The highest BCUT2D eigenvalue weighted by atomic mass is 24.3. The van der Waals surface area contributed by atoms with Crippen molar-refractivity contribution >= 4 is 29.8 Å². The molecule has 24 valence electrons. The molecule has 0 heterocycles. The lowest BCUT2D eigenvalue weighted by Crippen LogP contribution is -0.925. The molecule has 4 heavy (non-hydrogen) atoms. The van der Waals surface area contributed by atoms with Crippen LogP contribution in [0.4, 0.5) is 0 Å². The molecule has 0 atom stereocenters. The minimum atomic E-state index is 0. The highest BCUT2D eigenvalue weighted by molar-refractivity contribution is 5.75. The Morgan fingerprint density at radius 2 is 1.25 bits per heavy atom. The van der Waals surface area contributed by atoms with E-state index in [1.54, 1.807) is 0 Å². The predicted molar refractivity (Wildman–Crippen MR) is 20.7 cm³/mol. The summed E-state index contributed by atoms with van der Waals surface area (Å²) >= 11 is 0. The van der Waals surface area contributed by atoms with E-state index in [-0.39, 0.29) is 29.2 Å². The van der Waals surface area contributed by atoms with Crippen molar-refractivity contribution in [1.29, 1.82) is 0 Å². The molecule has 0 aliphatic carbocycles. The molecule has 0 spiro atoms. The molecule has 0 aromatic carbocycles. The fraction of sp³-hybridized carbons (Fsp3) is 0. The van der Waals surface area contributed by atoms with Crippen molar-refractivity contribution in [2.45, 2.75) is 0 Å². The zero-order valence-corrected chi connectivity index (χ0v) is 1.82. The second-order valence-corrected chi connectivity index (χ2v) is 0. The molecule has 0 aromatic rings. The van der Waals surface area contributed by atoms with Crippen LogP contribution in [0.1, 0.15) is 0 Å². The van der Waals surface area contributed by atoms with Gasteiger partial charge in [-0.05, 0) is 0 Å². The third kappa shape index (κ3) is 29.8. The average Bonchev–Trinajstić information content (AvgIpc) is 1.00. The highest BCUT2D eigenvalue weighted by Crippen LogP contribution is 0.494. The number of rotatable bonds is 0. The van der Waals surface area contributed by atoms with Crippen LogP contribution in [0.25, 0.3) is 0 Å². The summed E-state index contributed by atoms with van der Waals surface area (Å²) in [5.41, 5.74) is 0. The third-order valence-corrected chi connectivity index (χ3v) is 0. The van der Waals surface area contributed by atoms with Crippen LogP contribution in [-0.4, -0.2) is 29.8 Å². The molecule has 0 aromatic heterocycles. The van der Waals surface area contributed by atoms with Crippen LogP contribution in [0.5, 0.6) is 0 Å². The zero-order chi connectivity index (χ0) is 2.00. The standard InChI is InChI=1S/CH2O.Mg.H3N.2H/c1-2;;;;/h1H2;;1H3;;. The molecular weight excluding hydrogens is 66.3 g/mol. The van der Waals surface area contributed by atoms with Gasteiger partial charge in [0, 0.05) is 0 Å². The van der Waals surface area contributed by atoms with E-state index in [1.165, 1.54) is 0 Å². The molecule has 0 saturated carbocycles. The van der Waals surface area contributed by atoms with E-state index in [1.807, 2.05) is 6.79 Å². The van der Waals surface area contributed by atoms with Crippen LogP contribution in [0.2, 0.25) is 0 Å². The third-order valence-electron chi connectivity index (χ3n) is 0. The second-order valence-electron chi connectivity index (χ2n) is 0. The smallest absolute Gasteiger partial charge is 0.316 e. The van der Waals surface area contributed by atoms with Gasteiger partial charge in [-0.15, -0.1) is 0 Å². The first-order valence-electron chi connectivity index (χ1n) is 0.289. The number of carbonyl (C=O) groups excluding carboxylic acids is 1. The van der Waals surface area contributed by atoms with E-state index in [0.717, 1.165) is 0 Å². The van der Waals surface area contributed by atoms with Crippen LogP contribution in [-0.2, 0) is 4.79 Å². The Morgan fingerprint density at radius 1 is 1.25 bits per heavy atom. The molecule has 0 aliphatic heterocycles. The first-order chi connectivity index (χ1) is 1.00. The van der Waals surface area contributed by atoms with Gasteiger partial charge in [-0.25, -0.2) is 0 Å². The average molecular weight is 73.4 g/mol. The van der Waals surface area contributed by atoms with Gasteiger partial charge in [-0.2, -0.15) is 0 Å². The van der Waals surface area contributed by atoms with E-state index >= 15 is 0 Å². The quantitative estimate of drug-likeness (QED) is 0.376. The van der Waals surface area contributed by atoms with Crippen molar-refractivity contribution in [3.63, 3.8) is 0 Å². The normalized spacial score (nSPS) is 1.00. The summed E-state index contributed by atoms with van der Waals surface area (Å²) in [5.74, 6) is 0. The topological polar surface area (TPSA) is 52.1 Å². The molecule has 0 unspecified atom stereocenters. The monoisotopic (exact) mass is 73.0 g/mol. The van der Waals surface area contributed by atoms with E-state index in [9.17, 15) is 0 Å². The molecule has 0 aliphatic rings. The fourth-order valence-corrected chi connectivity index (χ4v) is 0. The molecule has 2 nitrogen and oxygen atoms in total. The largest absolute Gasteiger partial charge is 0.344 e. The lowest BCUT2D eigenvalue weighted by atomic mass is 11.9. The second kappa shape index (κ2) is 124. The summed E-state index contributed by atoms with van der Waals surface area (Å²) in [4.78, 5) is 8.00. The van der Waals surface area contributed by atoms with Gasteiger partial charge in [-0.3, -0.25) is 0 Å². The molecule has 3 N–H and O–H groups in total. The maximum Gasteiger partial charge on any atom is 0.316 e. The van der Waals surface area contributed by atoms with Crippen LogP contribution in [0.3, 0.4) is 0 Å². The van der Waals surface area contributed by atoms with Gasteiger partial charge in [-0.1, -0.05) is 0 Å². The molecule has 0 fully saturated rings. The van der Waals surface area contributed by atoms with Crippen molar-refractivity contribution in [3.8, 4) is 0 Å². The zero-order valence-electron chi connectivity index (χ0n) is 1.82. The lowest BCUT2D eigenvalue weighted by molar-refractivity contribution is -0.0979. The highest BCUT2D eigenvalue weighted by Gasteiger charge is 0.636. The molecule has 0 amide bonds. The molecule has 0 radical (unpaired) electrons. The molecule has 0 rings (SSSR count). The number of hydrogen-bond acceptors (Lipinski definition) is 2. The van der Waals surface area contributed by atoms with E-state index < -0.39 is 0 Å². The maximum atomic E-state index is 8.00. The van der Waals surface area contributed by atoms with Gasteiger partial charge < -0.3 is 10.9 Å². The summed E-state index contributed by atoms with van der Waals surface area (Å²) in [6.45, 7) is 2.00. The van der Waals surface area contributed by atoms with Crippen molar-refractivity contribution < 1.29 is 4.79 Å². The Balaban J connectivity index is -0.00000000500. The fourth-order valence-electron chi connectivity index (χ4n) is 0. The van der Waals surface area contributed by atoms with Crippen LogP contribution in [0.15, 0.2) is 0 Å². The SMILES string of the molecule is C=O.N.[MgH2]. The Labute approximate surface area is 41.3 Å². The van der Waals surface area contributed by atoms with Gasteiger partial charge in [0.05, 0.1) is 0 Å². The number of hydrogen-bond donors (Lipinski definition) is 1. The van der Waals surface area contributed by atoms with E-state index in [0.29, 0.717) is 0 Å². The van der Waals surface area contributed by atoms with Crippen molar-refractivity contribution in [1.82, 2.24) is 6.15 Å². The first kappa shape index (κ1) is 26.0. The van der Waals surface area contributed by atoms with Gasteiger partial charge in [0.2, 0.25) is 0 Å². The molecule has 3 heteroatoms. The lowest BCUT2D eigenvalue weighted by Gasteiger charge is -0.837. The van der Waals surface area contributed by atoms with Crippen molar-refractivity contribution in [2.75, 3.05) is 0 Å². The van der Waals surface area contributed by atoms with Crippen molar-refractivity contribution in [2.24, 2.45) is 0 Å². The summed E-state index contributed by atoms with van der Waals surface area (Å²) in [5, 5.41) is 0. The van der Waals surface area contributed by atoms with Crippen LogP contribution in [0, 0.1) is 0 Å². The Kier molecular flexibility index (Phi) is 808. The summed E-state index contributed by atoms with van der Waals surface area (Å²) in [7, 11) is 0. The van der Waals surface area contributed by atoms with Gasteiger partial charge in [0.15, 0.2) is 0 Å². The van der Waals surface area contributed by atoms with Crippen LogP contribution < -0.4 is 6.15 Å².